The molecule has 0 spiro atoms. The maximum Gasteiger partial charge on any atom is 0.338 e. The smallest absolute Gasteiger partial charge is 0.338 e. The molecule has 7 nitrogen and oxygen atoms in total. The number of hydrogen-bond donors (Lipinski definition) is 1. The number of carbonyl (C=O) groups excluding carboxylic acids is 1. The highest BCUT2D eigenvalue weighted by molar-refractivity contribution is 5.78. The minimum Gasteiger partial charge on any atom is -0.454 e. The summed E-state index contributed by atoms with van der Waals surface area (Å²) < 4.78 is 28.3. The maximum absolute atomic E-state index is 12.2. The van der Waals surface area contributed by atoms with Gasteiger partial charge in [-0.2, -0.15) is 0 Å². The first kappa shape index (κ1) is 20.0. The molecule has 3 fully saturated rings. The Morgan fingerprint density at radius 2 is 1.85 bits per heavy atom. The first-order chi connectivity index (χ1) is 12.3. The van der Waals surface area contributed by atoms with E-state index in [0.717, 1.165) is 19.3 Å². The third-order valence-corrected chi connectivity index (χ3v) is 5.35. The number of carbonyl (C=O) groups is 1. The monoisotopic (exact) mass is 372 g/mol. The van der Waals surface area contributed by atoms with Gasteiger partial charge in [0.15, 0.2) is 36.7 Å². The molecular formula is C19H32O7. The van der Waals surface area contributed by atoms with Gasteiger partial charge in [-0.1, -0.05) is 46.0 Å². The minimum atomic E-state index is -1.03. The Balaban J connectivity index is 1.48. The zero-order valence-electron chi connectivity index (χ0n) is 16.2. The lowest BCUT2D eigenvalue weighted by Gasteiger charge is -2.25. The molecule has 0 aromatic heterocycles. The van der Waals surface area contributed by atoms with Crippen molar-refractivity contribution in [1.29, 1.82) is 0 Å². The predicted octanol–water partition coefficient (Wildman–Crippen LogP) is 2.49. The molecule has 0 amide bonds. The fourth-order valence-corrected chi connectivity index (χ4v) is 3.85. The molecule has 0 aliphatic carbocycles. The molecule has 0 bridgehead atoms. The van der Waals surface area contributed by atoms with Crippen LogP contribution in [-0.2, 0) is 28.5 Å². The van der Waals surface area contributed by atoms with Crippen molar-refractivity contribution in [1.82, 2.24) is 0 Å². The van der Waals surface area contributed by atoms with Gasteiger partial charge < -0.3 is 28.8 Å². The van der Waals surface area contributed by atoms with Crippen LogP contribution in [0.3, 0.4) is 0 Å². The summed E-state index contributed by atoms with van der Waals surface area (Å²) in [6, 6.07) is 0. The fourth-order valence-electron chi connectivity index (χ4n) is 3.85. The molecule has 0 radical (unpaired) electrons. The van der Waals surface area contributed by atoms with Gasteiger partial charge in [0.2, 0.25) is 0 Å². The Morgan fingerprint density at radius 3 is 2.58 bits per heavy atom. The number of aliphatic hydroxyl groups excluding tert-OH is 1. The topological polar surface area (TPSA) is 83.5 Å². The van der Waals surface area contributed by atoms with Gasteiger partial charge in [-0.3, -0.25) is 0 Å². The van der Waals surface area contributed by atoms with E-state index in [1.165, 1.54) is 19.3 Å². The van der Waals surface area contributed by atoms with Crippen molar-refractivity contribution in [3.8, 4) is 0 Å². The Bertz CT molecular complexity index is 494. The van der Waals surface area contributed by atoms with E-state index >= 15 is 0 Å². The highest BCUT2D eigenvalue weighted by Gasteiger charge is 2.63. The summed E-state index contributed by atoms with van der Waals surface area (Å²) >= 11 is 0. The zero-order valence-corrected chi connectivity index (χ0v) is 16.2. The Labute approximate surface area is 155 Å². The normalized spacial score (nSPS) is 37.3. The Morgan fingerprint density at radius 1 is 1.12 bits per heavy atom. The summed E-state index contributed by atoms with van der Waals surface area (Å²) in [4.78, 5) is 12.2. The zero-order chi connectivity index (χ0) is 18.9. The summed E-state index contributed by atoms with van der Waals surface area (Å²) in [7, 11) is 0. The van der Waals surface area contributed by atoms with E-state index < -0.39 is 48.8 Å². The number of ether oxygens (including phenoxy) is 5. The van der Waals surface area contributed by atoms with Crippen molar-refractivity contribution in [2.75, 3.05) is 0 Å². The summed E-state index contributed by atoms with van der Waals surface area (Å²) in [5.41, 5.74) is 0. The highest BCUT2D eigenvalue weighted by atomic mass is 16.9. The number of fused-ring (bicyclic) bond motifs is 3. The van der Waals surface area contributed by atoms with E-state index in [-0.39, 0.29) is 5.92 Å². The van der Waals surface area contributed by atoms with Crippen molar-refractivity contribution >= 4 is 5.97 Å². The van der Waals surface area contributed by atoms with Gasteiger partial charge in [0.05, 0.1) is 0 Å². The summed E-state index contributed by atoms with van der Waals surface area (Å²) in [5.74, 6) is -1.34. The van der Waals surface area contributed by atoms with Gasteiger partial charge in [-0.25, -0.2) is 4.79 Å². The lowest BCUT2D eigenvalue weighted by molar-refractivity contribution is -0.230. The molecule has 0 aromatic carbocycles. The van der Waals surface area contributed by atoms with Gasteiger partial charge in [0.25, 0.3) is 0 Å². The number of hydrogen-bond acceptors (Lipinski definition) is 7. The van der Waals surface area contributed by atoms with Crippen LogP contribution in [0.15, 0.2) is 0 Å². The third-order valence-electron chi connectivity index (χ3n) is 5.35. The molecule has 3 rings (SSSR count). The van der Waals surface area contributed by atoms with Crippen LogP contribution in [0.25, 0.3) is 0 Å². The minimum absolute atomic E-state index is 0.0594. The van der Waals surface area contributed by atoms with Crippen LogP contribution in [0.4, 0.5) is 0 Å². The van der Waals surface area contributed by atoms with E-state index in [0.29, 0.717) is 0 Å². The van der Waals surface area contributed by atoms with Crippen LogP contribution >= 0.6 is 0 Å². The van der Waals surface area contributed by atoms with E-state index in [1.807, 2.05) is 6.92 Å². The van der Waals surface area contributed by atoms with E-state index in [4.69, 9.17) is 23.7 Å². The standard InChI is InChI=1S/C19H32O7/c1-5-6-7-8-9-10-11(2)16(20)23-14-12-13(22-17(14)21)15-18(24-12)26-19(3,4)25-15/h11-16,18,20H,5-10H2,1-4H3. The fraction of sp³-hybridized carbons (Fsp3) is 0.947. The molecular weight excluding hydrogens is 340 g/mol. The van der Waals surface area contributed by atoms with Crippen molar-refractivity contribution in [2.45, 2.75) is 109 Å². The quantitative estimate of drug-likeness (QED) is 0.378. The number of aliphatic hydroxyl groups is 1. The van der Waals surface area contributed by atoms with Gasteiger partial charge in [-0.05, 0) is 20.3 Å². The van der Waals surface area contributed by atoms with E-state index in [1.54, 1.807) is 13.8 Å². The van der Waals surface area contributed by atoms with Gasteiger partial charge in [-0.15, -0.1) is 0 Å². The van der Waals surface area contributed by atoms with Crippen molar-refractivity contribution in [3.63, 3.8) is 0 Å². The van der Waals surface area contributed by atoms with Gasteiger partial charge in [0.1, 0.15) is 6.10 Å². The molecule has 3 heterocycles. The summed E-state index contributed by atoms with van der Waals surface area (Å²) in [5, 5.41) is 10.4. The average molecular weight is 372 g/mol. The molecule has 0 aromatic rings. The number of esters is 1. The third kappa shape index (κ3) is 4.22. The number of unbranched alkanes of at least 4 members (excludes halogenated alkanes) is 4. The summed E-state index contributed by atoms with van der Waals surface area (Å²) in [6.07, 6.45) is 2.53. The second-order valence-corrected chi connectivity index (χ2v) is 8.10. The second kappa shape index (κ2) is 8.10. The van der Waals surface area contributed by atoms with Crippen LogP contribution in [-0.4, -0.2) is 53.9 Å². The Kier molecular flexibility index (Phi) is 6.24. The molecule has 3 aliphatic rings. The SMILES string of the molecule is CCCCCCCC(C)C(O)OC1C(=O)OC2C3OC(C)(C)OC3OC12. The first-order valence-electron chi connectivity index (χ1n) is 9.87. The molecule has 1 N–H and O–H groups in total. The largest absolute Gasteiger partial charge is 0.454 e. The molecule has 3 saturated heterocycles. The lowest BCUT2D eigenvalue weighted by Crippen LogP contribution is -2.40. The molecule has 3 aliphatic heterocycles. The molecule has 7 atom stereocenters. The van der Waals surface area contributed by atoms with Crippen molar-refractivity contribution in [2.24, 2.45) is 5.92 Å². The molecule has 7 heteroatoms. The van der Waals surface area contributed by atoms with Crippen LogP contribution in [0.5, 0.6) is 0 Å². The van der Waals surface area contributed by atoms with Crippen LogP contribution in [0, 0.1) is 5.92 Å². The molecule has 150 valence electrons. The molecule has 7 unspecified atom stereocenters. The second-order valence-electron chi connectivity index (χ2n) is 8.10. The van der Waals surface area contributed by atoms with Crippen molar-refractivity contribution in [3.05, 3.63) is 0 Å². The predicted molar refractivity (Wildman–Crippen MR) is 92.0 cm³/mol. The summed E-state index contributed by atoms with van der Waals surface area (Å²) in [6.45, 7) is 7.70. The van der Waals surface area contributed by atoms with Crippen LogP contribution < -0.4 is 0 Å². The number of rotatable bonds is 9. The lowest BCUT2D eigenvalue weighted by atomic mass is 10.0. The average Bonchev–Trinajstić information content (AvgIpc) is 3.14. The molecule has 26 heavy (non-hydrogen) atoms. The van der Waals surface area contributed by atoms with Crippen LogP contribution in [0.2, 0.25) is 0 Å². The van der Waals surface area contributed by atoms with Crippen molar-refractivity contribution < 1.29 is 33.6 Å². The first-order valence-corrected chi connectivity index (χ1v) is 9.87. The van der Waals surface area contributed by atoms with E-state index in [9.17, 15) is 9.90 Å². The molecule has 0 saturated carbocycles. The maximum atomic E-state index is 12.2. The Hall–Kier alpha value is -0.730. The van der Waals surface area contributed by atoms with E-state index in [2.05, 4.69) is 6.92 Å². The van der Waals surface area contributed by atoms with Gasteiger partial charge in [0, 0.05) is 5.92 Å². The van der Waals surface area contributed by atoms with Gasteiger partial charge >= 0.3 is 5.97 Å². The van der Waals surface area contributed by atoms with Crippen LogP contribution in [0.1, 0.15) is 66.2 Å². The highest BCUT2D eigenvalue weighted by Crippen LogP contribution is 2.43.